The van der Waals surface area contributed by atoms with E-state index in [0.29, 0.717) is 23.1 Å². The van der Waals surface area contributed by atoms with Crippen LogP contribution in [0, 0.1) is 0 Å². The summed E-state index contributed by atoms with van der Waals surface area (Å²) in [6.07, 6.45) is 1.55. The Bertz CT molecular complexity index is 1360. The summed E-state index contributed by atoms with van der Waals surface area (Å²) in [4.78, 5) is 19.8. The number of anilines is 1. The first-order valence-corrected chi connectivity index (χ1v) is 12.5. The molecule has 0 bridgehead atoms. The molecule has 0 radical (unpaired) electrons. The number of carbonyl (C=O) groups is 1. The molecule has 4 rings (SSSR count). The van der Waals surface area contributed by atoms with Crippen molar-refractivity contribution in [2.24, 2.45) is 0 Å². The quantitative estimate of drug-likeness (QED) is 0.368. The zero-order valence-corrected chi connectivity index (χ0v) is 20.0. The molecule has 4 aromatic rings. The number of furan rings is 1. The van der Waals surface area contributed by atoms with Gasteiger partial charge in [-0.3, -0.25) is 9.69 Å². The van der Waals surface area contributed by atoms with Gasteiger partial charge < -0.3 is 9.15 Å². The third kappa shape index (κ3) is 4.77. The van der Waals surface area contributed by atoms with Crippen LogP contribution < -0.4 is 9.64 Å². The van der Waals surface area contributed by atoms with E-state index in [-0.39, 0.29) is 17.3 Å². The van der Waals surface area contributed by atoms with Gasteiger partial charge in [0.2, 0.25) is 10.0 Å². The molecule has 0 aliphatic heterocycles. The van der Waals surface area contributed by atoms with E-state index in [2.05, 4.69) is 4.98 Å². The maximum absolute atomic E-state index is 13.5. The zero-order valence-electron chi connectivity index (χ0n) is 18.4. The monoisotopic (exact) mass is 485 g/mol. The van der Waals surface area contributed by atoms with Crippen LogP contribution in [-0.4, -0.2) is 44.3 Å². The summed E-state index contributed by atoms with van der Waals surface area (Å²) in [6, 6.07) is 15.0. The lowest BCUT2D eigenvalue weighted by Crippen LogP contribution is -2.30. The minimum Gasteiger partial charge on any atom is -0.494 e. The number of hydrogen-bond acceptors (Lipinski definition) is 7. The zero-order chi connectivity index (χ0) is 23.6. The van der Waals surface area contributed by atoms with Crippen LogP contribution in [0.3, 0.4) is 0 Å². The van der Waals surface area contributed by atoms with E-state index >= 15 is 0 Å². The van der Waals surface area contributed by atoms with E-state index in [1.807, 2.05) is 25.1 Å². The Morgan fingerprint density at radius 2 is 1.88 bits per heavy atom. The first-order valence-electron chi connectivity index (χ1n) is 10.2. The van der Waals surface area contributed by atoms with Gasteiger partial charge in [-0.05, 0) is 61.5 Å². The maximum atomic E-state index is 13.5. The average molecular weight is 486 g/mol. The number of carbonyl (C=O) groups excluding carboxylic acids is 1. The van der Waals surface area contributed by atoms with Crippen LogP contribution in [0.15, 0.2) is 70.2 Å². The summed E-state index contributed by atoms with van der Waals surface area (Å²) in [5.74, 6) is 1.02. The van der Waals surface area contributed by atoms with Crippen LogP contribution in [0.25, 0.3) is 10.2 Å². The second-order valence-corrected chi connectivity index (χ2v) is 10.5. The lowest BCUT2D eigenvalue weighted by atomic mass is 10.2. The van der Waals surface area contributed by atoms with Crippen molar-refractivity contribution < 1.29 is 22.4 Å². The molecule has 0 N–H and O–H groups in total. The molecule has 0 saturated heterocycles. The summed E-state index contributed by atoms with van der Waals surface area (Å²) < 4.78 is 37.8. The fourth-order valence-corrected chi connectivity index (χ4v) is 5.08. The summed E-state index contributed by atoms with van der Waals surface area (Å²) in [5.41, 5.74) is 1.09. The van der Waals surface area contributed by atoms with Gasteiger partial charge in [0, 0.05) is 19.7 Å². The number of ether oxygens (including phenoxy) is 1. The molecule has 0 unspecified atom stereocenters. The van der Waals surface area contributed by atoms with Gasteiger partial charge in [0.1, 0.15) is 11.5 Å². The van der Waals surface area contributed by atoms with Crippen molar-refractivity contribution in [1.29, 1.82) is 0 Å². The molecule has 33 heavy (non-hydrogen) atoms. The van der Waals surface area contributed by atoms with Crippen molar-refractivity contribution in [2.75, 3.05) is 25.6 Å². The van der Waals surface area contributed by atoms with Crippen LogP contribution in [0.5, 0.6) is 5.75 Å². The molecule has 0 atom stereocenters. The number of fused-ring (bicyclic) bond motifs is 1. The van der Waals surface area contributed by atoms with E-state index in [1.165, 1.54) is 54.6 Å². The highest BCUT2D eigenvalue weighted by molar-refractivity contribution is 7.89. The Balaban J connectivity index is 1.70. The fraction of sp³-hybridized carbons (Fsp3) is 0.217. The van der Waals surface area contributed by atoms with Crippen molar-refractivity contribution in [3.63, 3.8) is 0 Å². The van der Waals surface area contributed by atoms with E-state index in [0.717, 1.165) is 20.3 Å². The number of nitrogens with zero attached hydrogens (tertiary/aromatic N) is 3. The van der Waals surface area contributed by atoms with Crippen molar-refractivity contribution in [3.05, 3.63) is 72.2 Å². The van der Waals surface area contributed by atoms with Gasteiger partial charge in [0.05, 0.1) is 34.5 Å². The molecule has 2 aromatic heterocycles. The molecule has 172 valence electrons. The molecular weight excluding hydrogens is 462 g/mol. The summed E-state index contributed by atoms with van der Waals surface area (Å²) in [5, 5.41) is 0.505. The standard InChI is InChI=1S/C23H23N3O5S2/c1-4-30-17-9-12-20-21(14-17)32-23(24-20)26(15-18-6-5-13-31-18)22(27)16-7-10-19(11-8-16)33(28,29)25(2)3/h5-14H,4,15H2,1-3H3. The third-order valence-electron chi connectivity index (χ3n) is 4.91. The van der Waals surface area contributed by atoms with Crippen LogP contribution in [-0.2, 0) is 16.6 Å². The van der Waals surface area contributed by atoms with E-state index in [9.17, 15) is 13.2 Å². The molecule has 0 aliphatic carbocycles. The second kappa shape index (κ2) is 9.34. The minimum absolute atomic E-state index is 0.116. The lowest BCUT2D eigenvalue weighted by Gasteiger charge is -2.19. The SMILES string of the molecule is CCOc1ccc2nc(N(Cc3ccco3)C(=O)c3ccc(S(=O)(=O)N(C)C)cc3)sc2c1. The van der Waals surface area contributed by atoms with E-state index in [1.54, 1.807) is 18.4 Å². The van der Waals surface area contributed by atoms with Crippen LogP contribution in [0.4, 0.5) is 5.13 Å². The van der Waals surface area contributed by atoms with Crippen molar-refractivity contribution in [3.8, 4) is 5.75 Å². The molecule has 10 heteroatoms. The molecular formula is C23H23N3O5S2. The van der Waals surface area contributed by atoms with Gasteiger partial charge in [-0.1, -0.05) is 11.3 Å². The number of benzene rings is 2. The smallest absolute Gasteiger partial charge is 0.260 e. The Hall–Kier alpha value is -3.21. The molecule has 0 aliphatic rings. The first kappa shape index (κ1) is 23.0. The van der Waals surface area contributed by atoms with E-state index in [4.69, 9.17) is 9.15 Å². The van der Waals surface area contributed by atoms with Crippen molar-refractivity contribution >= 4 is 42.6 Å². The summed E-state index contributed by atoms with van der Waals surface area (Å²) in [7, 11) is -0.664. The van der Waals surface area contributed by atoms with Crippen LogP contribution >= 0.6 is 11.3 Å². The minimum atomic E-state index is -3.59. The highest BCUT2D eigenvalue weighted by atomic mass is 32.2. The van der Waals surface area contributed by atoms with Gasteiger partial charge in [-0.25, -0.2) is 17.7 Å². The van der Waals surface area contributed by atoms with E-state index < -0.39 is 10.0 Å². The van der Waals surface area contributed by atoms with Crippen LogP contribution in [0.1, 0.15) is 23.0 Å². The summed E-state index contributed by atoms with van der Waals surface area (Å²) >= 11 is 1.37. The molecule has 8 nitrogen and oxygen atoms in total. The molecule has 2 heterocycles. The number of rotatable bonds is 8. The topological polar surface area (TPSA) is 93.0 Å². The first-order chi connectivity index (χ1) is 15.8. The number of aromatic nitrogens is 1. The number of amides is 1. The second-order valence-electron chi connectivity index (χ2n) is 7.34. The highest BCUT2D eigenvalue weighted by Gasteiger charge is 2.24. The predicted molar refractivity (Wildman–Crippen MR) is 127 cm³/mol. The Morgan fingerprint density at radius 1 is 1.12 bits per heavy atom. The summed E-state index contributed by atoms with van der Waals surface area (Å²) in [6.45, 7) is 2.66. The maximum Gasteiger partial charge on any atom is 0.260 e. The molecule has 2 aromatic carbocycles. The predicted octanol–water partition coefficient (Wildman–Crippen LogP) is 4.39. The fourth-order valence-electron chi connectivity index (χ4n) is 3.19. The molecule has 0 saturated carbocycles. The Kier molecular flexibility index (Phi) is 6.50. The van der Waals surface area contributed by atoms with Crippen LogP contribution in [0.2, 0.25) is 0 Å². The number of sulfonamides is 1. The number of thiazole rings is 1. The third-order valence-corrected chi connectivity index (χ3v) is 7.78. The molecule has 1 amide bonds. The van der Waals surface area contributed by atoms with Gasteiger partial charge >= 0.3 is 0 Å². The van der Waals surface area contributed by atoms with Crippen molar-refractivity contribution in [2.45, 2.75) is 18.4 Å². The lowest BCUT2D eigenvalue weighted by molar-refractivity contribution is 0.0983. The molecule has 0 fully saturated rings. The normalized spacial score (nSPS) is 11.8. The average Bonchev–Trinajstić information content (AvgIpc) is 3.46. The van der Waals surface area contributed by atoms with Gasteiger partial charge in [-0.2, -0.15) is 0 Å². The number of hydrogen-bond donors (Lipinski definition) is 0. The Labute approximate surface area is 196 Å². The van der Waals surface area contributed by atoms with Gasteiger partial charge in [-0.15, -0.1) is 0 Å². The van der Waals surface area contributed by atoms with Crippen molar-refractivity contribution in [1.82, 2.24) is 9.29 Å². The van der Waals surface area contributed by atoms with Gasteiger partial charge in [0.15, 0.2) is 5.13 Å². The Morgan fingerprint density at radius 3 is 2.52 bits per heavy atom. The molecule has 0 spiro atoms. The van der Waals surface area contributed by atoms with Gasteiger partial charge in [0.25, 0.3) is 5.91 Å². The largest absolute Gasteiger partial charge is 0.494 e. The highest BCUT2D eigenvalue weighted by Crippen LogP contribution is 2.33.